The molecule has 1 fully saturated rings. The van der Waals surface area contributed by atoms with Crippen LogP contribution in [0.15, 0.2) is 73.4 Å². The lowest BCUT2D eigenvalue weighted by molar-refractivity contribution is -0.197. The van der Waals surface area contributed by atoms with Crippen molar-refractivity contribution >= 4 is 47.3 Å². The lowest BCUT2D eigenvalue weighted by Crippen LogP contribution is -2.32. The van der Waals surface area contributed by atoms with Gasteiger partial charge in [-0.05, 0) is 49.9 Å². The first-order chi connectivity index (χ1) is 24.1. The lowest BCUT2D eigenvalue weighted by atomic mass is 10.2. The standard InChI is InChI=1S/C15H19N3O3.C14H16N2O6.C5H8N2.CH4/c19-13(16-12-17-9-4-5-10-17)6-2-1-3-11-18-14(20)7-8-15(18)21;17-10-5-6-11(18)15(10)9-3-1-2-4-14(21)22-16-12(19)7-8-13(16)20;6-5-7-3-1-2-4-7;/h4-5,7-10H,1-3,6,11-12H2,(H,16,19);5-6H,1-4,7-9H2;1-4H,5-6H2;1H4. The number of carbonyl (C=O) groups excluding carboxylic acids is 8. The molecular weight excluding hydrogens is 662 g/mol. The quantitative estimate of drug-likeness (QED) is 0.192. The van der Waals surface area contributed by atoms with Crippen LogP contribution in [0.2, 0.25) is 0 Å². The van der Waals surface area contributed by atoms with Gasteiger partial charge in [0.1, 0.15) is 0 Å². The molecule has 16 heteroatoms. The van der Waals surface area contributed by atoms with Crippen molar-refractivity contribution in [3.05, 3.63) is 73.4 Å². The minimum Gasteiger partial charge on any atom is -0.341 e. The van der Waals surface area contributed by atoms with E-state index in [-0.39, 0.29) is 56.2 Å². The first-order valence-corrected chi connectivity index (χ1v) is 16.4. The number of imide groups is 3. The van der Waals surface area contributed by atoms with Crippen LogP contribution in [0, 0.1) is 0 Å². The summed E-state index contributed by atoms with van der Waals surface area (Å²) in [5.41, 5.74) is 5.26. The van der Waals surface area contributed by atoms with E-state index in [1.165, 1.54) is 29.2 Å². The number of hydrogen-bond acceptors (Lipinski definition) is 10. The molecule has 3 aliphatic heterocycles. The van der Waals surface area contributed by atoms with Gasteiger partial charge in [0.25, 0.3) is 35.4 Å². The molecule has 276 valence electrons. The minimum absolute atomic E-state index is 0. The Kier molecular flexibility index (Phi) is 18.0. The summed E-state index contributed by atoms with van der Waals surface area (Å²) in [7, 11) is 0. The van der Waals surface area contributed by atoms with Crippen LogP contribution in [0.3, 0.4) is 0 Å². The number of hydroxylamine groups is 2. The number of carbonyl (C=O) groups is 8. The van der Waals surface area contributed by atoms with Gasteiger partial charge in [-0.2, -0.15) is 0 Å². The molecule has 3 N–H and O–H groups in total. The van der Waals surface area contributed by atoms with Crippen LogP contribution in [-0.4, -0.2) is 84.4 Å². The third kappa shape index (κ3) is 14.4. The minimum atomic E-state index is -0.640. The monoisotopic (exact) mass is 709 g/mol. The maximum atomic E-state index is 11.6. The number of nitrogens with two attached hydrogens (primary N) is 1. The van der Waals surface area contributed by atoms with Crippen LogP contribution in [0.4, 0.5) is 0 Å². The van der Waals surface area contributed by atoms with Crippen molar-refractivity contribution < 1.29 is 43.2 Å². The third-order valence-corrected chi connectivity index (χ3v) is 7.55. The van der Waals surface area contributed by atoms with E-state index in [2.05, 4.69) is 5.32 Å². The number of nitrogens with one attached hydrogen (secondary N) is 1. The van der Waals surface area contributed by atoms with Crippen LogP contribution >= 0.6 is 0 Å². The van der Waals surface area contributed by atoms with E-state index >= 15 is 0 Å². The number of aromatic nitrogens is 2. The molecular formula is C35H47N7O9. The van der Waals surface area contributed by atoms with Gasteiger partial charge in [0.2, 0.25) is 5.91 Å². The fourth-order valence-electron chi connectivity index (χ4n) is 4.79. The highest BCUT2D eigenvalue weighted by atomic mass is 16.7. The number of rotatable bonds is 16. The second-order valence-corrected chi connectivity index (χ2v) is 11.3. The largest absolute Gasteiger partial charge is 0.341 e. The molecule has 0 bridgehead atoms. The molecule has 5 rings (SSSR count). The van der Waals surface area contributed by atoms with Gasteiger partial charge in [0.05, 0.1) is 13.3 Å². The fraction of sp³-hybridized carbons (Fsp3) is 0.429. The van der Waals surface area contributed by atoms with Gasteiger partial charge < -0.3 is 25.0 Å². The van der Waals surface area contributed by atoms with Crippen LogP contribution in [0.25, 0.3) is 0 Å². The van der Waals surface area contributed by atoms with Gasteiger partial charge in [0.15, 0.2) is 0 Å². The molecule has 51 heavy (non-hydrogen) atoms. The summed E-state index contributed by atoms with van der Waals surface area (Å²) in [6, 6.07) is 7.71. The van der Waals surface area contributed by atoms with Crippen molar-refractivity contribution in [2.24, 2.45) is 5.73 Å². The zero-order chi connectivity index (χ0) is 36.3. The van der Waals surface area contributed by atoms with Gasteiger partial charge in [-0.1, -0.05) is 20.3 Å². The average Bonchev–Trinajstić information content (AvgIpc) is 3.96. The molecule has 3 aliphatic rings. The molecule has 2 aromatic rings. The van der Waals surface area contributed by atoms with Gasteiger partial charge in [-0.25, -0.2) is 4.79 Å². The van der Waals surface area contributed by atoms with Crippen LogP contribution in [0.5, 0.6) is 0 Å². The van der Waals surface area contributed by atoms with Crippen molar-refractivity contribution in [3.8, 4) is 0 Å². The summed E-state index contributed by atoms with van der Waals surface area (Å²) >= 11 is 0. The molecule has 0 aromatic carbocycles. The smallest absolute Gasteiger partial charge is 0.333 e. The van der Waals surface area contributed by atoms with Gasteiger partial charge >= 0.3 is 5.97 Å². The lowest BCUT2D eigenvalue weighted by Gasteiger charge is -2.14. The van der Waals surface area contributed by atoms with Crippen molar-refractivity contribution in [3.63, 3.8) is 0 Å². The van der Waals surface area contributed by atoms with Crippen LogP contribution in [-0.2, 0) is 56.5 Å². The normalized spacial score (nSPS) is 14.7. The van der Waals surface area contributed by atoms with Crippen molar-refractivity contribution in [1.82, 2.24) is 29.3 Å². The molecule has 2 aromatic heterocycles. The number of amides is 7. The van der Waals surface area contributed by atoms with Crippen LogP contribution < -0.4 is 11.1 Å². The van der Waals surface area contributed by atoms with E-state index in [0.717, 1.165) is 24.2 Å². The Labute approximate surface area is 296 Å². The van der Waals surface area contributed by atoms with Gasteiger partial charge in [-0.15, -0.1) is 5.06 Å². The SMILES string of the molecule is C.NCn1cccc1.O=C(CCCCCN1C(=O)C=CC1=O)NCn1cccc1.O=C(CCCCCN1C(=O)C=CC1=O)ON1C(=O)CCC1=O. The molecule has 16 nitrogen and oxygen atoms in total. The third-order valence-electron chi connectivity index (χ3n) is 7.55. The predicted octanol–water partition coefficient (Wildman–Crippen LogP) is 2.17. The highest BCUT2D eigenvalue weighted by Gasteiger charge is 2.32. The van der Waals surface area contributed by atoms with Crippen LogP contribution in [0.1, 0.15) is 71.6 Å². The Balaban J connectivity index is 0.000000292. The highest BCUT2D eigenvalue weighted by molar-refractivity contribution is 6.13. The highest BCUT2D eigenvalue weighted by Crippen LogP contribution is 2.14. The number of hydrogen-bond donors (Lipinski definition) is 2. The molecule has 1 saturated heterocycles. The zero-order valence-electron chi connectivity index (χ0n) is 27.8. The topological polar surface area (TPSA) is 203 Å². The van der Waals surface area contributed by atoms with Crippen molar-refractivity contribution in [1.29, 1.82) is 0 Å². The molecule has 7 amide bonds. The molecule has 5 heterocycles. The summed E-state index contributed by atoms with van der Waals surface area (Å²) < 4.78 is 3.79. The molecule has 0 unspecified atom stereocenters. The predicted molar refractivity (Wildman–Crippen MR) is 184 cm³/mol. The van der Waals surface area contributed by atoms with Crippen molar-refractivity contribution in [2.75, 3.05) is 13.1 Å². The molecule has 0 aliphatic carbocycles. The second kappa shape index (κ2) is 22.2. The molecule has 0 atom stereocenters. The van der Waals surface area contributed by atoms with E-state index in [1.807, 2.05) is 58.2 Å². The van der Waals surface area contributed by atoms with Crippen molar-refractivity contribution in [2.45, 2.75) is 85.0 Å². The average molecular weight is 710 g/mol. The summed E-state index contributed by atoms with van der Waals surface area (Å²) in [5, 5.41) is 3.35. The Bertz CT molecular complexity index is 1500. The van der Waals surface area contributed by atoms with E-state index < -0.39 is 17.8 Å². The summed E-state index contributed by atoms with van der Waals surface area (Å²) in [4.78, 5) is 97.9. The van der Waals surface area contributed by atoms with E-state index in [9.17, 15) is 38.4 Å². The number of unbranched alkanes of at least 4 members (excludes halogenated alkanes) is 4. The molecule has 0 radical (unpaired) electrons. The first-order valence-electron chi connectivity index (χ1n) is 16.4. The Morgan fingerprint density at radius 1 is 0.627 bits per heavy atom. The van der Waals surface area contributed by atoms with E-state index in [4.69, 9.17) is 10.6 Å². The molecule has 0 spiro atoms. The fourth-order valence-corrected chi connectivity index (χ4v) is 4.79. The summed E-state index contributed by atoms with van der Waals surface area (Å²) in [6.07, 6.45) is 17.3. The first kappa shape index (κ1) is 41.5. The molecule has 0 saturated carbocycles. The Morgan fingerprint density at radius 2 is 1.06 bits per heavy atom. The van der Waals surface area contributed by atoms with E-state index in [0.29, 0.717) is 57.2 Å². The van der Waals surface area contributed by atoms with Gasteiger partial charge in [-0.3, -0.25) is 43.4 Å². The van der Waals surface area contributed by atoms with E-state index in [1.54, 1.807) is 0 Å². The second-order valence-electron chi connectivity index (χ2n) is 11.3. The zero-order valence-corrected chi connectivity index (χ0v) is 27.8. The maximum Gasteiger partial charge on any atom is 0.333 e. The Morgan fingerprint density at radius 3 is 1.49 bits per heavy atom. The maximum absolute atomic E-state index is 11.6. The van der Waals surface area contributed by atoms with Gasteiger partial charge in [0, 0.05) is 87.9 Å². The number of nitrogens with zero attached hydrogens (tertiary/aromatic N) is 5. The summed E-state index contributed by atoms with van der Waals surface area (Å²) in [5.74, 6) is -2.77. The Hall–Kier alpha value is -5.64. The summed E-state index contributed by atoms with van der Waals surface area (Å²) in [6.45, 7) is 1.79.